The Morgan fingerprint density at radius 2 is 1.80 bits per heavy atom. The van der Waals surface area contributed by atoms with Gasteiger partial charge in [-0.25, -0.2) is 0 Å². The quantitative estimate of drug-likeness (QED) is 0.838. The van der Waals surface area contributed by atoms with E-state index in [4.69, 9.17) is 5.11 Å². The SMILES string of the molecule is Cc1ccc(NC(=O)CC(=O)O)cc1-c1ccccc1. The summed E-state index contributed by atoms with van der Waals surface area (Å²) in [5.74, 6) is -1.67. The van der Waals surface area contributed by atoms with Crippen LogP contribution >= 0.6 is 0 Å². The fraction of sp³-hybridized carbons (Fsp3) is 0.125. The van der Waals surface area contributed by atoms with Crippen molar-refractivity contribution in [1.29, 1.82) is 0 Å². The van der Waals surface area contributed by atoms with Crippen molar-refractivity contribution in [3.63, 3.8) is 0 Å². The third-order valence-electron chi connectivity index (χ3n) is 2.92. The van der Waals surface area contributed by atoms with Gasteiger partial charge in [-0.3, -0.25) is 9.59 Å². The lowest BCUT2D eigenvalue weighted by atomic mass is 10.00. The number of amides is 1. The average Bonchev–Trinajstić information content (AvgIpc) is 2.41. The highest BCUT2D eigenvalue weighted by Crippen LogP contribution is 2.26. The number of carboxylic acid groups (broad SMARTS) is 1. The number of carboxylic acids is 1. The van der Waals surface area contributed by atoms with Crippen LogP contribution in [0.15, 0.2) is 48.5 Å². The van der Waals surface area contributed by atoms with E-state index < -0.39 is 18.3 Å². The van der Waals surface area contributed by atoms with Gasteiger partial charge in [0.05, 0.1) is 0 Å². The molecule has 0 aliphatic heterocycles. The summed E-state index contributed by atoms with van der Waals surface area (Å²) < 4.78 is 0. The Morgan fingerprint density at radius 1 is 1.10 bits per heavy atom. The minimum Gasteiger partial charge on any atom is -0.481 e. The molecule has 0 aliphatic carbocycles. The third-order valence-corrected chi connectivity index (χ3v) is 2.92. The number of hydrogen-bond acceptors (Lipinski definition) is 2. The minimum atomic E-state index is -1.14. The maximum Gasteiger partial charge on any atom is 0.312 e. The molecule has 4 heteroatoms. The second kappa shape index (κ2) is 6.02. The number of hydrogen-bond donors (Lipinski definition) is 2. The first-order valence-electron chi connectivity index (χ1n) is 6.24. The highest BCUT2D eigenvalue weighted by Gasteiger charge is 2.09. The van der Waals surface area contributed by atoms with Crippen LogP contribution in [0.4, 0.5) is 5.69 Å². The molecule has 4 nitrogen and oxygen atoms in total. The Labute approximate surface area is 117 Å². The van der Waals surface area contributed by atoms with E-state index in [2.05, 4.69) is 5.32 Å². The zero-order valence-corrected chi connectivity index (χ0v) is 11.1. The predicted molar refractivity (Wildman–Crippen MR) is 77.5 cm³/mol. The maximum atomic E-state index is 11.5. The van der Waals surface area contributed by atoms with E-state index >= 15 is 0 Å². The lowest BCUT2D eigenvalue weighted by Crippen LogP contribution is -2.15. The molecule has 0 saturated heterocycles. The topological polar surface area (TPSA) is 66.4 Å². The second-order valence-corrected chi connectivity index (χ2v) is 4.51. The molecule has 0 saturated carbocycles. The molecule has 0 aromatic heterocycles. The molecule has 2 aromatic rings. The monoisotopic (exact) mass is 269 g/mol. The van der Waals surface area contributed by atoms with E-state index in [1.54, 1.807) is 6.07 Å². The molecule has 2 rings (SSSR count). The number of aryl methyl sites for hydroxylation is 1. The molecule has 102 valence electrons. The van der Waals surface area contributed by atoms with E-state index in [-0.39, 0.29) is 0 Å². The molecule has 0 spiro atoms. The van der Waals surface area contributed by atoms with Gasteiger partial charge in [-0.1, -0.05) is 36.4 Å². The van der Waals surface area contributed by atoms with Crippen LogP contribution < -0.4 is 5.32 Å². The summed E-state index contributed by atoms with van der Waals surface area (Å²) >= 11 is 0. The van der Waals surface area contributed by atoms with Crippen molar-refractivity contribution < 1.29 is 14.7 Å². The normalized spacial score (nSPS) is 10.1. The summed E-state index contributed by atoms with van der Waals surface area (Å²) in [4.78, 5) is 21.9. The Hall–Kier alpha value is -2.62. The van der Waals surface area contributed by atoms with E-state index in [9.17, 15) is 9.59 Å². The predicted octanol–water partition coefficient (Wildman–Crippen LogP) is 3.08. The van der Waals surface area contributed by atoms with Gasteiger partial charge in [-0.15, -0.1) is 0 Å². The number of aliphatic carboxylic acids is 1. The van der Waals surface area contributed by atoms with Crippen LogP contribution in [0.3, 0.4) is 0 Å². The van der Waals surface area contributed by atoms with Crippen LogP contribution in [0.2, 0.25) is 0 Å². The van der Waals surface area contributed by atoms with Gasteiger partial charge in [0, 0.05) is 5.69 Å². The highest BCUT2D eigenvalue weighted by molar-refractivity contribution is 6.01. The molecule has 2 N–H and O–H groups in total. The van der Waals surface area contributed by atoms with Crippen LogP contribution in [0, 0.1) is 6.92 Å². The number of benzene rings is 2. The molecular formula is C16H15NO3. The average molecular weight is 269 g/mol. The van der Waals surface area contributed by atoms with Gasteiger partial charge in [0.25, 0.3) is 0 Å². The Bertz CT molecular complexity index is 635. The van der Waals surface area contributed by atoms with Crippen molar-refractivity contribution in [2.24, 2.45) is 0 Å². The molecular weight excluding hydrogens is 254 g/mol. The van der Waals surface area contributed by atoms with E-state index in [1.165, 1.54) is 0 Å². The summed E-state index contributed by atoms with van der Waals surface area (Å²) in [7, 11) is 0. The lowest BCUT2D eigenvalue weighted by molar-refractivity contribution is -0.139. The van der Waals surface area contributed by atoms with Crippen LogP contribution in [0.1, 0.15) is 12.0 Å². The van der Waals surface area contributed by atoms with Gasteiger partial charge in [0.2, 0.25) is 5.91 Å². The van der Waals surface area contributed by atoms with Gasteiger partial charge in [-0.2, -0.15) is 0 Å². The Morgan fingerprint density at radius 3 is 2.45 bits per heavy atom. The Kier molecular flexibility index (Phi) is 4.15. The first-order valence-corrected chi connectivity index (χ1v) is 6.24. The van der Waals surface area contributed by atoms with Crippen LogP contribution in [-0.2, 0) is 9.59 Å². The van der Waals surface area contributed by atoms with Gasteiger partial charge in [0.15, 0.2) is 0 Å². The molecule has 0 fully saturated rings. The van der Waals surface area contributed by atoms with E-state index in [0.717, 1.165) is 16.7 Å². The van der Waals surface area contributed by atoms with Crippen molar-refractivity contribution in [3.05, 3.63) is 54.1 Å². The zero-order chi connectivity index (χ0) is 14.5. The van der Waals surface area contributed by atoms with Crippen LogP contribution in [0.25, 0.3) is 11.1 Å². The molecule has 1 amide bonds. The maximum absolute atomic E-state index is 11.5. The van der Waals surface area contributed by atoms with Gasteiger partial charge in [-0.05, 0) is 35.7 Å². The number of rotatable bonds is 4. The molecule has 2 aromatic carbocycles. The molecule has 0 aliphatic rings. The second-order valence-electron chi connectivity index (χ2n) is 4.51. The van der Waals surface area contributed by atoms with Crippen molar-refractivity contribution >= 4 is 17.6 Å². The van der Waals surface area contributed by atoms with Crippen molar-refractivity contribution in [1.82, 2.24) is 0 Å². The van der Waals surface area contributed by atoms with Gasteiger partial charge >= 0.3 is 5.97 Å². The lowest BCUT2D eigenvalue weighted by Gasteiger charge is -2.10. The van der Waals surface area contributed by atoms with Crippen molar-refractivity contribution in [2.45, 2.75) is 13.3 Å². The van der Waals surface area contributed by atoms with Gasteiger partial charge < -0.3 is 10.4 Å². The standard InChI is InChI=1S/C16H15NO3/c1-11-7-8-13(17-15(18)10-16(19)20)9-14(11)12-5-3-2-4-6-12/h2-9H,10H2,1H3,(H,17,18)(H,19,20). The minimum absolute atomic E-state index is 0.527. The number of anilines is 1. The largest absolute Gasteiger partial charge is 0.481 e. The molecule has 0 atom stereocenters. The molecule has 0 heterocycles. The summed E-state index contributed by atoms with van der Waals surface area (Å²) in [6.45, 7) is 1.99. The number of carbonyl (C=O) groups is 2. The fourth-order valence-electron chi connectivity index (χ4n) is 1.97. The van der Waals surface area contributed by atoms with E-state index in [1.807, 2.05) is 49.4 Å². The van der Waals surface area contributed by atoms with E-state index in [0.29, 0.717) is 5.69 Å². The Balaban J connectivity index is 2.25. The number of nitrogens with one attached hydrogen (secondary N) is 1. The van der Waals surface area contributed by atoms with Crippen molar-refractivity contribution in [2.75, 3.05) is 5.32 Å². The summed E-state index contributed by atoms with van der Waals surface area (Å²) in [6, 6.07) is 15.3. The summed E-state index contributed by atoms with van der Waals surface area (Å²) in [5.41, 5.74) is 3.76. The number of carbonyl (C=O) groups excluding carboxylic acids is 1. The first-order chi connectivity index (χ1) is 9.56. The highest BCUT2D eigenvalue weighted by atomic mass is 16.4. The molecule has 0 bridgehead atoms. The fourth-order valence-corrected chi connectivity index (χ4v) is 1.97. The summed E-state index contributed by atoms with van der Waals surface area (Å²) in [5, 5.41) is 11.2. The molecule has 0 radical (unpaired) electrons. The first kappa shape index (κ1) is 13.8. The molecule has 20 heavy (non-hydrogen) atoms. The third kappa shape index (κ3) is 3.45. The smallest absolute Gasteiger partial charge is 0.312 e. The van der Waals surface area contributed by atoms with Crippen LogP contribution in [0.5, 0.6) is 0 Å². The van der Waals surface area contributed by atoms with Crippen molar-refractivity contribution in [3.8, 4) is 11.1 Å². The van der Waals surface area contributed by atoms with Crippen LogP contribution in [-0.4, -0.2) is 17.0 Å². The summed E-state index contributed by atoms with van der Waals surface area (Å²) in [6.07, 6.45) is -0.533. The molecule has 0 unspecified atom stereocenters. The van der Waals surface area contributed by atoms with Gasteiger partial charge in [0.1, 0.15) is 6.42 Å². The zero-order valence-electron chi connectivity index (χ0n) is 11.1.